The van der Waals surface area contributed by atoms with Crippen molar-refractivity contribution in [1.29, 1.82) is 0 Å². The molecule has 0 bridgehead atoms. The lowest BCUT2D eigenvalue weighted by molar-refractivity contribution is -0.131. The van der Waals surface area contributed by atoms with E-state index in [1.807, 2.05) is 18.3 Å². The third kappa shape index (κ3) is 3.05. The minimum atomic E-state index is -0.268. The van der Waals surface area contributed by atoms with E-state index in [2.05, 4.69) is 22.1 Å². The molecule has 2 aromatic rings. The van der Waals surface area contributed by atoms with Gasteiger partial charge in [0.05, 0.1) is 12.0 Å². The Bertz CT molecular complexity index is 672. The molecule has 0 aliphatic heterocycles. The van der Waals surface area contributed by atoms with E-state index in [0.717, 1.165) is 36.9 Å². The fraction of sp³-hybridized carbons (Fsp3) is 0.294. The summed E-state index contributed by atoms with van der Waals surface area (Å²) >= 11 is 0. The number of fused-ring (bicyclic) bond motifs is 1. The number of nitrogens with one attached hydrogen (secondary N) is 1. The van der Waals surface area contributed by atoms with Crippen LogP contribution in [0.25, 0.3) is 5.57 Å². The Kier molecular flexibility index (Phi) is 3.86. The fourth-order valence-corrected chi connectivity index (χ4v) is 2.81. The second-order valence-electron chi connectivity index (χ2n) is 5.22. The molecule has 1 aliphatic rings. The molecule has 0 spiro atoms. The molecule has 4 nitrogen and oxygen atoms in total. The van der Waals surface area contributed by atoms with Gasteiger partial charge >= 0.3 is 5.97 Å². The lowest BCUT2D eigenvalue weighted by atomic mass is 9.86. The van der Waals surface area contributed by atoms with Gasteiger partial charge in [0.1, 0.15) is 5.75 Å². The Labute approximate surface area is 123 Å². The number of esters is 1. The van der Waals surface area contributed by atoms with Gasteiger partial charge in [-0.05, 0) is 36.5 Å². The second-order valence-corrected chi connectivity index (χ2v) is 5.22. The average molecular weight is 282 g/mol. The van der Waals surface area contributed by atoms with E-state index >= 15 is 0 Å². The first-order valence-corrected chi connectivity index (χ1v) is 7.21. The molecule has 1 N–H and O–H groups in total. The third-order valence-electron chi connectivity index (χ3n) is 3.72. The zero-order chi connectivity index (χ0) is 14.7. The monoisotopic (exact) mass is 282 g/mol. The number of aromatic amines is 1. The minimum Gasteiger partial charge on any atom is -0.426 e. The molecule has 21 heavy (non-hydrogen) atoms. The third-order valence-corrected chi connectivity index (χ3v) is 3.72. The first-order chi connectivity index (χ1) is 10.2. The number of ether oxygens (including phenoxy) is 1. The van der Waals surface area contributed by atoms with Crippen molar-refractivity contribution in [3.05, 3.63) is 53.6 Å². The Morgan fingerprint density at radius 1 is 1.43 bits per heavy atom. The van der Waals surface area contributed by atoms with Gasteiger partial charge in [0.25, 0.3) is 0 Å². The molecule has 108 valence electrons. The molecule has 1 aromatic heterocycles. The fourth-order valence-electron chi connectivity index (χ4n) is 2.81. The number of imidazole rings is 1. The first-order valence-electron chi connectivity index (χ1n) is 7.21. The van der Waals surface area contributed by atoms with Gasteiger partial charge in [-0.3, -0.25) is 4.79 Å². The summed E-state index contributed by atoms with van der Waals surface area (Å²) in [7, 11) is 0. The smallest absolute Gasteiger partial charge is 0.308 e. The summed E-state index contributed by atoms with van der Waals surface area (Å²) in [5.41, 5.74) is 4.70. The van der Waals surface area contributed by atoms with Gasteiger partial charge in [0.2, 0.25) is 0 Å². The van der Waals surface area contributed by atoms with Crippen molar-refractivity contribution >= 4 is 11.5 Å². The summed E-state index contributed by atoms with van der Waals surface area (Å²) in [5, 5.41) is 0. The number of benzene rings is 1. The molecular weight excluding hydrogens is 264 g/mol. The van der Waals surface area contributed by atoms with Crippen LogP contribution >= 0.6 is 0 Å². The number of carbonyl (C=O) groups is 1. The van der Waals surface area contributed by atoms with Crippen LogP contribution in [0.2, 0.25) is 0 Å². The Morgan fingerprint density at radius 2 is 2.33 bits per heavy atom. The lowest BCUT2D eigenvalue weighted by Crippen LogP contribution is -2.09. The van der Waals surface area contributed by atoms with E-state index in [-0.39, 0.29) is 5.97 Å². The van der Waals surface area contributed by atoms with Crippen molar-refractivity contribution in [1.82, 2.24) is 9.97 Å². The topological polar surface area (TPSA) is 55.0 Å². The number of carbonyl (C=O) groups excluding carboxylic acids is 1. The van der Waals surface area contributed by atoms with Crippen LogP contribution in [0.1, 0.15) is 36.6 Å². The highest BCUT2D eigenvalue weighted by Gasteiger charge is 2.18. The van der Waals surface area contributed by atoms with Gasteiger partial charge < -0.3 is 9.72 Å². The first kappa shape index (κ1) is 13.6. The van der Waals surface area contributed by atoms with Gasteiger partial charge in [-0.15, -0.1) is 0 Å². The predicted octanol–water partition coefficient (Wildman–Crippen LogP) is 3.30. The van der Waals surface area contributed by atoms with E-state index in [4.69, 9.17) is 4.74 Å². The zero-order valence-corrected chi connectivity index (χ0v) is 12.1. The highest BCUT2D eigenvalue weighted by molar-refractivity contribution is 5.75. The van der Waals surface area contributed by atoms with Crippen molar-refractivity contribution in [3.8, 4) is 5.75 Å². The van der Waals surface area contributed by atoms with Crippen LogP contribution in [0.3, 0.4) is 0 Å². The van der Waals surface area contributed by atoms with Gasteiger partial charge in [-0.2, -0.15) is 0 Å². The number of hydrogen-bond acceptors (Lipinski definition) is 3. The van der Waals surface area contributed by atoms with Crippen LogP contribution in [0.5, 0.6) is 5.75 Å². The van der Waals surface area contributed by atoms with E-state index in [1.54, 1.807) is 6.33 Å². The zero-order valence-electron chi connectivity index (χ0n) is 12.1. The van der Waals surface area contributed by atoms with Gasteiger partial charge in [-0.25, -0.2) is 4.98 Å². The lowest BCUT2D eigenvalue weighted by Gasteiger charge is -2.21. The summed E-state index contributed by atoms with van der Waals surface area (Å²) < 4.78 is 5.33. The van der Waals surface area contributed by atoms with Crippen molar-refractivity contribution in [2.75, 3.05) is 0 Å². The van der Waals surface area contributed by atoms with Gasteiger partial charge in [-0.1, -0.05) is 18.2 Å². The van der Waals surface area contributed by atoms with E-state index in [1.165, 1.54) is 18.1 Å². The molecule has 0 saturated heterocycles. The van der Waals surface area contributed by atoms with Gasteiger partial charge in [0.15, 0.2) is 0 Å². The van der Waals surface area contributed by atoms with Crippen LogP contribution in [0.15, 0.2) is 36.8 Å². The maximum absolute atomic E-state index is 11.2. The van der Waals surface area contributed by atoms with E-state index < -0.39 is 0 Å². The van der Waals surface area contributed by atoms with Crippen molar-refractivity contribution in [2.24, 2.45) is 0 Å². The van der Waals surface area contributed by atoms with Crippen LogP contribution < -0.4 is 4.74 Å². The van der Waals surface area contributed by atoms with Crippen LogP contribution in [0, 0.1) is 0 Å². The predicted molar refractivity (Wildman–Crippen MR) is 81.0 cm³/mol. The van der Waals surface area contributed by atoms with Crippen molar-refractivity contribution < 1.29 is 9.53 Å². The molecule has 1 aromatic carbocycles. The van der Waals surface area contributed by atoms with Crippen LogP contribution in [0.4, 0.5) is 0 Å². The largest absolute Gasteiger partial charge is 0.426 e. The molecule has 0 unspecified atom stereocenters. The average Bonchev–Trinajstić information content (AvgIpc) is 2.98. The van der Waals surface area contributed by atoms with Crippen LogP contribution in [-0.2, 0) is 17.6 Å². The summed E-state index contributed by atoms with van der Waals surface area (Å²) in [4.78, 5) is 18.4. The Morgan fingerprint density at radius 3 is 3.10 bits per heavy atom. The number of allylic oxidation sites excluding steroid dienone is 2. The molecular formula is C17H18N2O2. The Balaban J connectivity index is 1.90. The second kappa shape index (κ2) is 5.95. The number of hydrogen-bond donors (Lipinski definition) is 1. The summed E-state index contributed by atoms with van der Waals surface area (Å²) in [5.74, 6) is 0.432. The number of nitrogens with zero attached hydrogens (tertiary/aromatic N) is 1. The molecule has 4 heteroatoms. The number of aromatic nitrogens is 2. The summed E-state index contributed by atoms with van der Waals surface area (Å²) in [6.07, 6.45) is 9.75. The molecule has 0 radical (unpaired) electrons. The Hall–Kier alpha value is -2.36. The molecule has 0 atom stereocenters. The van der Waals surface area contributed by atoms with Gasteiger partial charge in [0, 0.05) is 25.1 Å². The standard InChI is InChI=1S/C17H18N2O2/c1-12(20)21-17-7-3-5-15-13(4-2-6-16(15)17)8-9-14-10-18-11-19-14/h3,5,7-8,10-11H,2,4,6,9H2,1H3,(H,18,19). The van der Waals surface area contributed by atoms with Crippen molar-refractivity contribution in [3.63, 3.8) is 0 Å². The molecule has 3 rings (SSSR count). The minimum absolute atomic E-state index is 0.268. The molecule has 1 heterocycles. The maximum Gasteiger partial charge on any atom is 0.308 e. The van der Waals surface area contributed by atoms with Crippen molar-refractivity contribution in [2.45, 2.75) is 32.6 Å². The van der Waals surface area contributed by atoms with Crippen LogP contribution in [-0.4, -0.2) is 15.9 Å². The highest BCUT2D eigenvalue weighted by atomic mass is 16.5. The van der Waals surface area contributed by atoms with E-state index in [0.29, 0.717) is 5.75 Å². The molecule has 1 aliphatic carbocycles. The number of H-pyrrole nitrogens is 1. The normalized spacial score (nSPS) is 15.8. The summed E-state index contributed by atoms with van der Waals surface area (Å²) in [6, 6.07) is 5.93. The highest BCUT2D eigenvalue weighted by Crippen LogP contribution is 2.36. The van der Waals surface area contributed by atoms with E-state index in [9.17, 15) is 4.79 Å². The molecule has 0 saturated carbocycles. The quantitative estimate of drug-likeness (QED) is 0.694. The SMILES string of the molecule is CC(=O)Oc1cccc2c1CCCC2=CCc1c[nH]cn1. The molecule has 0 amide bonds. The molecule has 0 fully saturated rings. The maximum atomic E-state index is 11.2. The summed E-state index contributed by atoms with van der Waals surface area (Å²) in [6.45, 7) is 1.44. The number of rotatable bonds is 3.